The van der Waals surface area contributed by atoms with Crippen LogP contribution in [0.4, 0.5) is 5.69 Å². The zero-order valence-corrected chi connectivity index (χ0v) is 23.4. The van der Waals surface area contributed by atoms with Gasteiger partial charge in [0, 0.05) is 43.7 Å². The predicted octanol–water partition coefficient (Wildman–Crippen LogP) is 3.74. The zero-order chi connectivity index (χ0) is 27.4. The third-order valence-corrected chi connectivity index (χ3v) is 10.5. The van der Waals surface area contributed by atoms with Gasteiger partial charge in [-0.05, 0) is 37.3 Å². The van der Waals surface area contributed by atoms with Gasteiger partial charge in [-0.2, -0.15) is 0 Å². The Morgan fingerprint density at radius 1 is 1.16 bits per heavy atom. The van der Waals surface area contributed by atoms with Crippen LogP contribution < -0.4 is 4.90 Å². The summed E-state index contributed by atoms with van der Waals surface area (Å²) in [7, 11) is 0. The van der Waals surface area contributed by atoms with Crippen molar-refractivity contribution in [3.05, 3.63) is 55.6 Å². The molecule has 3 aliphatic heterocycles. The van der Waals surface area contributed by atoms with Crippen molar-refractivity contribution in [3.8, 4) is 0 Å². The van der Waals surface area contributed by atoms with Crippen molar-refractivity contribution >= 4 is 35.2 Å². The number of carbonyl (C=O) groups is 3. The number of nitrogens with zero attached hydrogens (tertiary/aromatic N) is 3. The summed E-state index contributed by atoms with van der Waals surface area (Å²) in [6.45, 7) is 13.5. The van der Waals surface area contributed by atoms with Gasteiger partial charge in [-0.3, -0.25) is 14.4 Å². The lowest BCUT2D eigenvalue weighted by Gasteiger charge is -2.41. The summed E-state index contributed by atoms with van der Waals surface area (Å²) in [4.78, 5) is 48.0. The van der Waals surface area contributed by atoms with Gasteiger partial charge in [0.15, 0.2) is 0 Å². The van der Waals surface area contributed by atoms with Gasteiger partial charge in [0.2, 0.25) is 17.7 Å². The molecule has 3 fully saturated rings. The Morgan fingerprint density at radius 3 is 2.50 bits per heavy atom. The number of hydrogen-bond acceptors (Lipinski definition) is 5. The minimum absolute atomic E-state index is 0.0266. The molecule has 0 aromatic heterocycles. The van der Waals surface area contributed by atoms with Crippen molar-refractivity contribution in [2.45, 2.75) is 55.6 Å². The van der Waals surface area contributed by atoms with Crippen molar-refractivity contribution in [3.63, 3.8) is 0 Å². The van der Waals surface area contributed by atoms with Gasteiger partial charge in [0.1, 0.15) is 6.04 Å². The third-order valence-electron chi connectivity index (χ3n) is 8.41. The quantitative estimate of drug-likeness (QED) is 0.386. The van der Waals surface area contributed by atoms with Crippen LogP contribution in [0.1, 0.15) is 39.5 Å². The average molecular weight is 540 g/mol. The molecule has 1 N–H and O–H groups in total. The maximum absolute atomic E-state index is 14.3. The first-order valence-corrected chi connectivity index (χ1v) is 14.7. The SMILES string of the molecule is C=CCN(CCCC)C(=O)C1N(CCCO)C(=O)[C@@H]2[C@H](C(=O)N(CC=C)c3ccccc3)[C@@H]3CC(C)C12S3. The highest BCUT2D eigenvalue weighted by atomic mass is 32.2. The summed E-state index contributed by atoms with van der Waals surface area (Å²) in [5.41, 5.74) is 0.777. The van der Waals surface area contributed by atoms with E-state index >= 15 is 0 Å². The fourth-order valence-electron chi connectivity index (χ4n) is 6.77. The van der Waals surface area contributed by atoms with Gasteiger partial charge in [0.05, 0.1) is 16.6 Å². The molecule has 3 aliphatic rings. The van der Waals surface area contributed by atoms with Gasteiger partial charge in [0.25, 0.3) is 0 Å². The summed E-state index contributed by atoms with van der Waals surface area (Å²) in [6, 6.07) is 8.85. The second-order valence-corrected chi connectivity index (χ2v) is 12.2. The van der Waals surface area contributed by atoms with Crippen molar-refractivity contribution in [1.29, 1.82) is 0 Å². The number of rotatable bonds is 13. The Kier molecular flexibility index (Phi) is 9.04. The van der Waals surface area contributed by atoms with E-state index in [1.807, 2.05) is 35.2 Å². The van der Waals surface area contributed by atoms with E-state index in [1.165, 1.54) is 0 Å². The molecule has 0 aliphatic carbocycles. The van der Waals surface area contributed by atoms with E-state index in [-0.39, 0.29) is 35.5 Å². The molecular formula is C30H41N3O4S. The number of fused-ring (bicyclic) bond motifs is 1. The molecule has 1 spiro atoms. The van der Waals surface area contributed by atoms with Crippen LogP contribution in [-0.2, 0) is 14.4 Å². The van der Waals surface area contributed by atoms with Crippen LogP contribution in [0.3, 0.4) is 0 Å². The van der Waals surface area contributed by atoms with Gasteiger partial charge < -0.3 is 19.8 Å². The van der Waals surface area contributed by atoms with E-state index in [0.29, 0.717) is 32.6 Å². The number of para-hydroxylation sites is 1. The lowest BCUT2D eigenvalue weighted by molar-refractivity contribution is -0.142. The molecule has 2 bridgehead atoms. The predicted molar refractivity (Wildman–Crippen MR) is 153 cm³/mol. The molecule has 0 radical (unpaired) electrons. The fraction of sp³-hybridized carbons (Fsp3) is 0.567. The number of likely N-dealkylation sites (tertiary alicyclic amines) is 1. The second kappa shape index (κ2) is 12.1. The average Bonchev–Trinajstić information content (AvgIpc) is 3.51. The maximum atomic E-state index is 14.3. The summed E-state index contributed by atoms with van der Waals surface area (Å²) < 4.78 is -0.670. The van der Waals surface area contributed by atoms with Crippen LogP contribution in [-0.4, -0.2) is 81.5 Å². The topological polar surface area (TPSA) is 81.2 Å². The van der Waals surface area contributed by atoms with Crippen molar-refractivity contribution in [2.24, 2.45) is 17.8 Å². The monoisotopic (exact) mass is 539 g/mol. The Labute approximate surface area is 230 Å². The Bertz CT molecular complexity index is 1050. The summed E-state index contributed by atoms with van der Waals surface area (Å²) in [6.07, 6.45) is 6.45. The first kappa shape index (κ1) is 28.4. The van der Waals surface area contributed by atoms with Gasteiger partial charge in [-0.1, -0.05) is 50.6 Å². The molecule has 4 rings (SSSR count). The van der Waals surface area contributed by atoms with Crippen molar-refractivity contribution < 1.29 is 19.5 Å². The number of unbranched alkanes of at least 4 members (excludes halogenated alkanes) is 1. The zero-order valence-electron chi connectivity index (χ0n) is 22.6. The van der Waals surface area contributed by atoms with Crippen LogP contribution in [0, 0.1) is 17.8 Å². The van der Waals surface area contributed by atoms with E-state index in [0.717, 1.165) is 24.9 Å². The van der Waals surface area contributed by atoms with E-state index in [4.69, 9.17) is 0 Å². The van der Waals surface area contributed by atoms with Crippen LogP contribution in [0.25, 0.3) is 0 Å². The number of aliphatic hydroxyl groups excluding tert-OH is 1. The molecule has 0 saturated carbocycles. The van der Waals surface area contributed by atoms with E-state index in [2.05, 4.69) is 27.0 Å². The summed E-state index contributed by atoms with van der Waals surface area (Å²) >= 11 is 1.69. The Hall–Kier alpha value is -2.58. The first-order chi connectivity index (χ1) is 18.4. The molecule has 7 nitrogen and oxygen atoms in total. The van der Waals surface area contributed by atoms with Crippen LogP contribution in [0.5, 0.6) is 0 Å². The minimum Gasteiger partial charge on any atom is -0.396 e. The lowest BCUT2D eigenvalue weighted by Crippen LogP contribution is -2.57. The molecule has 3 unspecified atom stereocenters. The number of amides is 3. The van der Waals surface area contributed by atoms with E-state index in [9.17, 15) is 19.5 Å². The fourth-order valence-corrected chi connectivity index (χ4v) is 9.18. The van der Waals surface area contributed by atoms with Crippen molar-refractivity contribution in [2.75, 3.05) is 37.7 Å². The first-order valence-electron chi connectivity index (χ1n) is 13.8. The molecule has 8 heteroatoms. The highest BCUT2D eigenvalue weighted by Gasteiger charge is 2.76. The highest BCUT2D eigenvalue weighted by Crippen LogP contribution is 2.69. The van der Waals surface area contributed by atoms with E-state index < -0.39 is 22.6 Å². The number of carbonyl (C=O) groups excluding carboxylic acids is 3. The normalized spacial score (nSPS) is 29.3. The number of benzene rings is 1. The summed E-state index contributed by atoms with van der Waals surface area (Å²) in [5, 5.41) is 9.58. The van der Waals surface area contributed by atoms with Gasteiger partial charge in [-0.25, -0.2) is 0 Å². The number of anilines is 1. The Morgan fingerprint density at radius 2 is 1.87 bits per heavy atom. The minimum atomic E-state index is -0.670. The molecule has 3 heterocycles. The van der Waals surface area contributed by atoms with Crippen LogP contribution in [0.2, 0.25) is 0 Å². The standard InChI is InChI=1S/C30H41N3O4S/c1-5-8-17-31(15-6-2)29(37)26-30-21(4)20-23(38-30)24(25(30)28(36)33(26)18-12-19-34)27(35)32(16-7-3)22-13-10-9-11-14-22/h6-7,9-11,13-14,21,23-26,34H,2-3,5,8,12,15-20H2,1,4H3/t21?,23-,24+,25-,26?,30?/m0/s1. The molecule has 3 saturated heterocycles. The highest BCUT2D eigenvalue weighted by molar-refractivity contribution is 8.02. The van der Waals surface area contributed by atoms with Crippen molar-refractivity contribution in [1.82, 2.24) is 9.80 Å². The second-order valence-electron chi connectivity index (χ2n) is 10.7. The lowest BCUT2D eigenvalue weighted by atomic mass is 9.65. The molecule has 6 atom stereocenters. The number of aliphatic hydroxyl groups is 1. The number of hydrogen-bond donors (Lipinski definition) is 1. The molecule has 3 amide bonds. The van der Waals surface area contributed by atoms with Crippen LogP contribution >= 0.6 is 11.8 Å². The van der Waals surface area contributed by atoms with Gasteiger partial charge in [-0.15, -0.1) is 24.9 Å². The third kappa shape index (κ3) is 4.70. The van der Waals surface area contributed by atoms with Crippen LogP contribution in [0.15, 0.2) is 55.6 Å². The maximum Gasteiger partial charge on any atom is 0.247 e. The molecular weight excluding hydrogens is 498 g/mol. The largest absolute Gasteiger partial charge is 0.396 e. The van der Waals surface area contributed by atoms with Gasteiger partial charge >= 0.3 is 0 Å². The molecule has 1 aromatic carbocycles. The smallest absolute Gasteiger partial charge is 0.247 e. The molecule has 38 heavy (non-hydrogen) atoms. The van der Waals surface area contributed by atoms with E-state index in [1.54, 1.807) is 33.7 Å². The Balaban J connectivity index is 1.76. The molecule has 1 aromatic rings. The number of thioether (sulfide) groups is 1. The molecule has 206 valence electrons. The summed E-state index contributed by atoms with van der Waals surface area (Å²) in [5.74, 6) is -1.26.